The lowest BCUT2D eigenvalue weighted by Crippen LogP contribution is -2.21. The van der Waals surface area contributed by atoms with Gasteiger partial charge < -0.3 is 10.2 Å². The molecule has 0 aliphatic carbocycles. The minimum Gasteiger partial charge on any atom is -0.507 e. The van der Waals surface area contributed by atoms with Crippen molar-refractivity contribution in [2.45, 2.75) is 44.4 Å². The zero-order valence-corrected chi connectivity index (χ0v) is 20.5. The molecule has 0 saturated carbocycles. The summed E-state index contributed by atoms with van der Waals surface area (Å²) in [5.74, 6) is -1.24. The lowest BCUT2D eigenvalue weighted by molar-refractivity contribution is 0.0693. The molecule has 4 aromatic carbocycles. The van der Waals surface area contributed by atoms with Crippen LogP contribution in [0.2, 0.25) is 0 Å². The molecule has 35 heavy (non-hydrogen) atoms. The fourth-order valence-corrected chi connectivity index (χ4v) is 4.87. The van der Waals surface area contributed by atoms with Gasteiger partial charge in [0, 0.05) is 16.9 Å². The zero-order chi connectivity index (χ0) is 25.0. The molecule has 0 bridgehead atoms. The van der Waals surface area contributed by atoms with Crippen LogP contribution >= 0.6 is 0 Å². The highest BCUT2D eigenvalue weighted by atomic mass is 16.4. The molecule has 2 atom stereocenters. The van der Waals surface area contributed by atoms with E-state index >= 15 is 0 Å². The molecule has 3 nitrogen and oxygen atoms in total. The van der Waals surface area contributed by atoms with Crippen molar-refractivity contribution in [2.75, 3.05) is 0 Å². The quantitative estimate of drug-likeness (QED) is 0.280. The van der Waals surface area contributed by atoms with Crippen molar-refractivity contribution in [3.63, 3.8) is 0 Å². The first-order chi connectivity index (χ1) is 16.8. The average Bonchev–Trinajstić information content (AvgIpc) is 2.88. The van der Waals surface area contributed by atoms with Gasteiger partial charge >= 0.3 is 5.97 Å². The van der Waals surface area contributed by atoms with Gasteiger partial charge in [-0.15, -0.1) is 0 Å². The summed E-state index contributed by atoms with van der Waals surface area (Å²) < 4.78 is 0. The third-order valence-corrected chi connectivity index (χ3v) is 7.12. The lowest BCUT2D eigenvalue weighted by atomic mass is 9.74. The number of carboxylic acids is 1. The highest BCUT2D eigenvalue weighted by Crippen LogP contribution is 2.43. The molecular formula is C32H32O3. The van der Waals surface area contributed by atoms with Gasteiger partial charge in [-0.2, -0.15) is 0 Å². The second-order valence-electron chi connectivity index (χ2n) is 9.77. The smallest absolute Gasteiger partial charge is 0.339 e. The second-order valence-corrected chi connectivity index (χ2v) is 9.77. The Hall–Kier alpha value is -3.85. The van der Waals surface area contributed by atoms with E-state index in [0.29, 0.717) is 5.56 Å². The molecule has 0 aromatic heterocycles. The van der Waals surface area contributed by atoms with E-state index in [2.05, 4.69) is 57.2 Å². The first-order valence-corrected chi connectivity index (χ1v) is 12.0. The van der Waals surface area contributed by atoms with Crippen molar-refractivity contribution in [1.82, 2.24) is 0 Å². The Labute approximate surface area is 207 Å². The molecule has 3 heteroatoms. The van der Waals surface area contributed by atoms with Gasteiger partial charge in [0.25, 0.3) is 0 Å². The maximum absolute atomic E-state index is 12.2. The number of hydrogen-bond acceptors (Lipinski definition) is 2. The predicted molar refractivity (Wildman–Crippen MR) is 141 cm³/mol. The normalized spacial score (nSPS) is 13.2. The van der Waals surface area contributed by atoms with Crippen LogP contribution in [0, 0.1) is 0 Å². The van der Waals surface area contributed by atoms with E-state index in [9.17, 15) is 15.0 Å². The standard InChI is InChI=1S/C32H32O3/c1-22(23-13-7-4-8-14-23)19-27(24-15-9-5-10-16-24)28-20-26(21-29(30(28)33)31(34)35)32(2,3)25-17-11-6-12-18-25/h4-18,20-22,27,33H,19H2,1-3H3,(H,34,35). The number of aromatic carboxylic acids is 1. The molecule has 0 amide bonds. The van der Waals surface area contributed by atoms with Crippen molar-refractivity contribution in [3.05, 3.63) is 137 Å². The summed E-state index contributed by atoms with van der Waals surface area (Å²) in [4.78, 5) is 12.2. The van der Waals surface area contributed by atoms with Crippen LogP contribution in [-0.4, -0.2) is 16.2 Å². The molecule has 0 aliphatic heterocycles. The Morgan fingerprint density at radius 2 is 1.29 bits per heavy atom. The third kappa shape index (κ3) is 5.14. The van der Waals surface area contributed by atoms with Gasteiger partial charge in [0.05, 0.1) is 0 Å². The largest absolute Gasteiger partial charge is 0.507 e. The summed E-state index contributed by atoms with van der Waals surface area (Å²) in [5.41, 5.74) is 4.36. The molecule has 0 aliphatic rings. The molecule has 2 N–H and O–H groups in total. The number of carboxylic acid groups (broad SMARTS) is 1. The molecule has 0 saturated heterocycles. The molecule has 178 valence electrons. The van der Waals surface area contributed by atoms with Gasteiger partial charge in [-0.25, -0.2) is 4.79 Å². The van der Waals surface area contributed by atoms with Crippen molar-refractivity contribution in [2.24, 2.45) is 0 Å². The van der Waals surface area contributed by atoms with Gasteiger partial charge in [0.1, 0.15) is 11.3 Å². The number of rotatable bonds is 8. The van der Waals surface area contributed by atoms with Gasteiger partial charge in [0.2, 0.25) is 0 Å². The minimum absolute atomic E-state index is 0.0604. The predicted octanol–water partition coefficient (Wildman–Crippen LogP) is 7.74. The Kier molecular flexibility index (Phi) is 7.07. The van der Waals surface area contributed by atoms with Crippen molar-refractivity contribution >= 4 is 5.97 Å². The molecule has 4 rings (SSSR count). The second kappa shape index (κ2) is 10.2. The van der Waals surface area contributed by atoms with Crippen LogP contribution in [0.5, 0.6) is 5.75 Å². The first kappa shape index (κ1) is 24.3. The van der Waals surface area contributed by atoms with E-state index in [1.807, 2.05) is 60.7 Å². The molecule has 2 unspecified atom stereocenters. The van der Waals surface area contributed by atoms with E-state index in [1.165, 1.54) is 5.56 Å². The molecular weight excluding hydrogens is 432 g/mol. The lowest BCUT2D eigenvalue weighted by Gasteiger charge is -2.30. The van der Waals surface area contributed by atoms with Crippen LogP contribution in [0.4, 0.5) is 0 Å². The first-order valence-electron chi connectivity index (χ1n) is 12.0. The van der Waals surface area contributed by atoms with Gasteiger partial charge in [-0.1, -0.05) is 118 Å². The minimum atomic E-state index is -1.13. The highest BCUT2D eigenvalue weighted by molar-refractivity contribution is 5.92. The van der Waals surface area contributed by atoms with Crippen molar-refractivity contribution in [3.8, 4) is 5.75 Å². The maximum atomic E-state index is 12.2. The molecule has 4 aromatic rings. The van der Waals surface area contributed by atoms with Crippen molar-refractivity contribution in [1.29, 1.82) is 0 Å². The summed E-state index contributed by atoms with van der Waals surface area (Å²) >= 11 is 0. The summed E-state index contributed by atoms with van der Waals surface area (Å²) in [5, 5.41) is 21.3. The monoisotopic (exact) mass is 464 g/mol. The number of carbonyl (C=O) groups is 1. The summed E-state index contributed by atoms with van der Waals surface area (Å²) in [6.45, 7) is 6.36. The Bertz CT molecular complexity index is 1280. The van der Waals surface area contributed by atoms with Gasteiger partial charge in [-0.3, -0.25) is 0 Å². The van der Waals surface area contributed by atoms with Crippen LogP contribution in [0.1, 0.15) is 77.2 Å². The third-order valence-electron chi connectivity index (χ3n) is 7.12. The highest BCUT2D eigenvalue weighted by Gasteiger charge is 2.30. The van der Waals surface area contributed by atoms with E-state index in [0.717, 1.165) is 23.1 Å². The molecule has 0 heterocycles. The summed E-state index contributed by atoms with van der Waals surface area (Å²) in [6, 6.07) is 34.0. The molecule has 0 radical (unpaired) electrons. The van der Waals surface area contributed by atoms with Crippen LogP contribution in [0.15, 0.2) is 103 Å². The van der Waals surface area contributed by atoms with E-state index in [4.69, 9.17) is 0 Å². The summed E-state index contributed by atoms with van der Waals surface area (Å²) in [7, 11) is 0. The van der Waals surface area contributed by atoms with E-state index in [1.54, 1.807) is 6.07 Å². The Morgan fingerprint density at radius 3 is 1.83 bits per heavy atom. The number of aromatic hydroxyl groups is 1. The average molecular weight is 465 g/mol. The fourth-order valence-electron chi connectivity index (χ4n) is 4.87. The van der Waals surface area contributed by atoms with Crippen molar-refractivity contribution < 1.29 is 15.0 Å². The number of benzene rings is 4. The maximum Gasteiger partial charge on any atom is 0.339 e. The van der Waals surface area contributed by atoms with Crippen LogP contribution in [-0.2, 0) is 5.41 Å². The van der Waals surface area contributed by atoms with Crippen LogP contribution < -0.4 is 0 Å². The summed E-state index contributed by atoms with van der Waals surface area (Å²) in [6.07, 6.45) is 0.732. The number of hydrogen-bond donors (Lipinski definition) is 2. The Balaban J connectivity index is 1.88. The SMILES string of the molecule is CC(CC(c1ccccc1)c1cc(C(C)(C)c2ccccc2)cc(C(=O)O)c1O)c1ccccc1. The number of phenols is 1. The molecule has 0 fully saturated rings. The zero-order valence-electron chi connectivity index (χ0n) is 20.5. The fraction of sp³-hybridized carbons (Fsp3) is 0.219. The van der Waals surface area contributed by atoms with E-state index in [-0.39, 0.29) is 23.1 Å². The van der Waals surface area contributed by atoms with E-state index < -0.39 is 11.4 Å². The van der Waals surface area contributed by atoms with Gasteiger partial charge in [-0.05, 0) is 40.7 Å². The van der Waals surface area contributed by atoms with Crippen LogP contribution in [0.3, 0.4) is 0 Å². The Morgan fingerprint density at radius 1 is 0.771 bits per heavy atom. The van der Waals surface area contributed by atoms with Crippen LogP contribution in [0.25, 0.3) is 0 Å². The van der Waals surface area contributed by atoms with Gasteiger partial charge in [0.15, 0.2) is 0 Å². The molecule has 0 spiro atoms. The topological polar surface area (TPSA) is 57.5 Å².